The first kappa shape index (κ1) is 22.3. The molecule has 0 unspecified atom stereocenters. The van der Waals surface area contributed by atoms with E-state index in [1.165, 1.54) is 4.90 Å². The van der Waals surface area contributed by atoms with Crippen molar-refractivity contribution in [2.24, 2.45) is 0 Å². The van der Waals surface area contributed by atoms with E-state index in [-0.39, 0.29) is 10.7 Å². The number of aromatic nitrogens is 1. The zero-order chi connectivity index (χ0) is 23.2. The highest BCUT2D eigenvalue weighted by Crippen LogP contribution is 2.31. The Balaban J connectivity index is 1.81. The molecule has 5 nitrogen and oxygen atoms in total. The Morgan fingerprint density at radius 2 is 1.69 bits per heavy atom. The molecule has 32 heavy (non-hydrogen) atoms. The Bertz CT molecular complexity index is 1330. The zero-order valence-corrected chi connectivity index (χ0v) is 19.9. The van der Waals surface area contributed by atoms with Crippen molar-refractivity contribution in [3.05, 3.63) is 86.7 Å². The van der Waals surface area contributed by atoms with Gasteiger partial charge in [0.15, 0.2) is 5.11 Å². The molecule has 0 saturated carbocycles. The summed E-state index contributed by atoms with van der Waals surface area (Å²) in [7, 11) is 0. The second kappa shape index (κ2) is 8.54. The first-order valence-corrected chi connectivity index (χ1v) is 11.0. The van der Waals surface area contributed by atoms with Crippen LogP contribution < -0.4 is 10.2 Å². The molecule has 1 N–H and O–H groups in total. The first-order chi connectivity index (χ1) is 15.2. The first-order valence-electron chi connectivity index (χ1n) is 9.80. The molecule has 8 heteroatoms. The molecule has 2 amide bonds. The van der Waals surface area contributed by atoms with Crippen LogP contribution in [0.15, 0.2) is 54.1 Å². The third-order valence-electron chi connectivity index (χ3n) is 5.38. The van der Waals surface area contributed by atoms with E-state index in [0.717, 1.165) is 28.2 Å². The number of hydrogen-bond acceptors (Lipinski definition) is 3. The van der Waals surface area contributed by atoms with Crippen LogP contribution in [0.25, 0.3) is 11.8 Å². The van der Waals surface area contributed by atoms with Gasteiger partial charge in [-0.05, 0) is 80.5 Å². The van der Waals surface area contributed by atoms with E-state index < -0.39 is 11.8 Å². The minimum absolute atomic E-state index is 0.00900. The van der Waals surface area contributed by atoms with E-state index in [9.17, 15) is 9.59 Å². The lowest BCUT2D eigenvalue weighted by molar-refractivity contribution is -0.122. The number of amides is 2. The van der Waals surface area contributed by atoms with Crippen molar-refractivity contribution in [1.29, 1.82) is 0 Å². The number of thiocarbonyl (C=S) groups is 1. The summed E-state index contributed by atoms with van der Waals surface area (Å²) in [4.78, 5) is 27.2. The van der Waals surface area contributed by atoms with Crippen LogP contribution in [-0.4, -0.2) is 21.5 Å². The van der Waals surface area contributed by atoms with Crippen molar-refractivity contribution in [3.8, 4) is 5.69 Å². The van der Waals surface area contributed by atoms with Gasteiger partial charge in [0, 0.05) is 22.1 Å². The van der Waals surface area contributed by atoms with Gasteiger partial charge >= 0.3 is 0 Å². The van der Waals surface area contributed by atoms with Crippen molar-refractivity contribution < 1.29 is 9.59 Å². The van der Waals surface area contributed by atoms with Crippen LogP contribution in [0.3, 0.4) is 0 Å². The zero-order valence-electron chi connectivity index (χ0n) is 17.6. The summed E-state index contributed by atoms with van der Waals surface area (Å²) >= 11 is 17.8. The van der Waals surface area contributed by atoms with E-state index >= 15 is 0 Å². The molecule has 0 radical (unpaired) electrons. The normalized spacial score (nSPS) is 15.5. The van der Waals surface area contributed by atoms with Gasteiger partial charge in [0.05, 0.1) is 10.7 Å². The lowest BCUT2D eigenvalue weighted by atomic mass is 10.1. The van der Waals surface area contributed by atoms with Gasteiger partial charge in [-0.1, -0.05) is 41.4 Å². The van der Waals surface area contributed by atoms with Gasteiger partial charge in [0.1, 0.15) is 5.57 Å². The summed E-state index contributed by atoms with van der Waals surface area (Å²) in [6, 6.07) is 14.5. The van der Waals surface area contributed by atoms with Gasteiger partial charge in [-0.15, -0.1) is 0 Å². The van der Waals surface area contributed by atoms with Crippen molar-refractivity contribution in [3.63, 3.8) is 0 Å². The number of carbonyl (C=O) groups excluding carboxylic acids is 2. The molecule has 2 heterocycles. The molecule has 2 aromatic carbocycles. The van der Waals surface area contributed by atoms with Crippen molar-refractivity contribution in [2.45, 2.75) is 20.8 Å². The third-order valence-corrected chi connectivity index (χ3v) is 6.22. The fourth-order valence-corrected chi connectivity index (χ4v) is 4.45. The van der Waals surface area contributed by atoms with E-state index in [4.69, 9.17) is 35.4 Å². The number of carbonyl (C=O) groups is 2. The smallest absolute Gasteiger partial charge is 0.270 e. The van der Waals surface area contributed by atoms with Crippen LogP contribution in [-0.2, 0) is 9.59 Å². The minimum Gasteiger partial charge on any atom is -0.318 e. The predicted octanol–water partition coefficient (Wildman–Crippen LogP) is 5.54. The maximum absolute atomic E-state index is 13.3. The number of para-hydroxylation sites is 1. The molecule has 0 spiro atoms. The average Bonchev–Trinajstić information content (AvgIpc) is 3.01. The van der Waals surface area contributed by atoms with Crippen molar-refractivity contribution in [1.82, 2.24) is 9.88 Å². The lowest BCUT2D eigenvalue weighted by Gasteiger charge is -2.29. The quantitative estimate of drug-likeness (QED) is 0.302. The van der Waals surface area contributed by atoms with Gasteiger partial charge in [-0.25, -0.2) is 0 Å². The summed E-state index contributed by atoms with van der Waals surface area (Å²) in [5, 5.41) is 3.57. The Kier molecular flexibility index (Phi) is 5.95. The Morgan fingerprint density at radius 1 is 0.969 bits per heavy atom. The second-order valence-electron chi connectivity index (χ2n) is 7.50. The number of hydrogen-bond donors (Lipinski definition) is 1. The average molecular weight is 484 g/mol. The number of anilines is 1. The molecule has 1 aliphatic rings. The Hall–Kier alpha value is -2.93. The van der Waals surface area contributed by atoms with E-state index in [1.807, 2.05) is 45.0 Å². The highest BCUT2D eigenvalue weighted by molar-refractivity contribution is 7.80. The van der Waals surface area contributed by atoms with Crippen LogP contribution in [0, 0.1) is 20.8 Å². The third kappa shape index (κ3) is 3.86. The van der Waals surface area contributed by atoms with E-state index in [1.54, 1.807) is 30.3 Å². The number of rotatable bonds is 3. The predicted molar refractivity (Wildman–Crippen MR) is 133 cm³/mol. The number of halogens is 2. The van der Waals surface area contributed by atoms with Crippen molar-refractivity contribution >= 4 is 64.1 Å². The molecule has 3 aromatic rings. The van der Waals surface area contributed by atoms with E-state index in [2.05, 4.69) is 9.88 Å². The van der Waals surface area contributed by atoms with Gasteiger partial charge < -0.3 is 4.57 Å². The summed E-state index contributed by atoms with van der Waals surface area (Å²) < 4.78 is 2.05. The van der Waals surface area contributed by atoms with Gasteiger partial charge in [0.25, 0.3) is 11.8 Å². The summed E-state index contributed by atoms with van der Waals surface area (Å²) in [6.07, 6.45) is 1.59. The molecule has 0 bridgehead atoms. The lowest BCUT2D eigenvalue weighted by Crippen LogP contribution is -2.54. The van der Waals surface area contributed by atoms with E-state index in [0.29, 0.717) is 15.7 Å². The molecule has 1 aliphatic heterocycles. The molecule has 1 fully saturated rings. The number of benzene rings is 2. The molecule has 1 saturated heterocycles. The SMILES string of the molecule is Cc1ccc(Cl)cc1-n1c(C)cc(/C=C2\C(=O)NC(=S)N(c3ccccc3Cl)C2=O)c1C. The molecule has 4 rings (SSSR count). The van der Waals surface area contributed by atoms with Crippen LogP contribution in [0.4, 0.5) is 5.69 Å². The van der Waals surface area contributed by atoms with Gasteiger partial charge in [-0.3, -0.25) is 19.8 Å². The molecular formula is C24H19Cl2N3O2S. The Morgan fingerprint density at radius 3 is 2.41 bits per heavy atom. The molecular weight excluding hydrogens is 465 g/mol. The maximum atomic E-state index is 13.3. The highest BCUT2D eigenvalue weighted by Gasteiger charge is 2.35. The number of nitrogens with zero attached hydrogens (tertiary/aromatic N) is 2. The van der Waals surface area contributed by atoms with Crippen molar-refractivity contribution in [2.75, 3.05) is 4.90 Å². The molecule has 1 aromatic heterocycles. The molecule has 0 aliphatic carbocycles. The fraction of sp³-hybridized carbons (Fsp3) is 0.125. The topological polar surface area (TPSA) is 54.3 Å². The molecule has 162 valence electrons. The summed E-state index contributed by atoms with van der Waals surface area (Å²) in [5.74, 6) is -1.08. The maximum Gasteiger partial charge on any atom is 0.270 e. The molecule has 0 atom stereocenters. The number of nitrogens with one attached hydrogen (secondary N) is 1. The summed E-state index contributed by atoms with van der Waals surface area (Å²) in [5.41, 5.74) is 4.94. The minimum atomic E-state index is -0.549. The van der Waals surface area contributed by atoms with Crippen LogP contribution >= 0.6 is 35.4 Å². The standard InChI is InChI=1S/C24H19Cl2N3O2S/c1-13-8-9-17(25)12-21(13)28-14(2)10-16(15(28)3)11-18-22(30)27-24(32)29(23(18)31)20-7-5-4-6-19(20)26/h4-12H,1-3H3,(H,27,30,32)/b18-11+. The fourth-order valence-electron chi connectivity index (χ4n) is 3.79. The van der Waals surface area contributed by atoms with Crippen LogP contribution in [0.2, 0.25) is 10.0 Å². The largest absolute Gasteiger partial charge is 0.318 e. The van der Waals surface area contributed by atoms with Crippen LogP contribution in [0.1, 0.15) is 22.5 Å². The second-order valence-corrected chi connectivity index (χ2v) is 8.73. The van der Waals surface area contributed by atoms with Gasteiger partial charge in [-0.2, -0.15) is 0 Å². The van der Waals surface area contributed by atoms with Crippen LogP contribution in [0.5, 0.6) is 0 Å². The number of aryl methyl sites for hydroxylation is 2. The summed E-state index contributed by atoms with van der Waals surface area (Å²) in [6.45, 7) is 5.90. The van der Waals surface area contributed by atoms with Gasteiger partial charge in [0.2, 0.25) is 0 Å². The Labute approximate surface area is 201 Å². The highest BCUT2D eigenvalue weighted by atomic mass is 35.5. The monoisotopic (exact) mass is 483 g/mol.